The maximum absolute atomic E-state index is 14.5. The van der Waals surface area contributed by atoms with Gasteiger partial charge in [0, 0.05) is 18.2 Å². The fourth-order valence-electron chi connectivity index (χ4n) is 2.53. The lowest BCUT2D eigenvalue weighted by molar-refractivity contribution is 0.0695. The molecule has 0 aliphatic carbocycles. The Kier molecular flexibility index (Phi) is 4.76. The van der Waals surface area contributed by atoms with Crippen molar-refractivity contribution in [1.82, 2.24) is 4.98 Å². The fourth-order valence-corrected chi connectivity index (χ4v) is 2.69. The summed E-state index contributed by atoms with van der Waals surface area (Å²) < 4.78 is 28.9. The molecule has 1 aromatic heterocycles. The molecule has 0 bridgehead atoms. The molecule has 0 saturated carbocycles. The molecule has 126 valence electrons. The molecule has 0 fully saturated rings. The molecule has 2 aromatic carbocycles. The first-order valence-corrected chi connectivity index (χ1v) is 7.74. The van der Waals surface area contributed by atoms with Crippen molar-refractivity contribution in [2.75, 3.05) is 0 Å². The van der Waals surface area contributed by atoms with Gasteiger partial charge in [0.2, 0.25) is 0 Å². The average Bonchev–Trinajstić information content (AvgIpc) is 2.59. The third-order valence-corrected chi connectivity index (χ3v) is 3.97. The van der Waals surface area contributed by atoms with Crippen molar-refractivity contribution in [3.63, 3.8) is 0 Å². The van der Waals surface area contributed by atoms with E-state index >= 15 is 0 Å². The molecule has 0 saturated heterocycles. The fraction of sp³-hybridized carbons (Fsp3) is 0.0526. The quantitative estimate of drug-likeness (QED) is 0.715. The van der Waals surface area contributed by atoms with Gasteiger partial charge in [-0.1, -0.05) is 41.9 Å². The van der Waals surface area contributed by atoms with E-state index in [1.54, 1.807) is 24.3 Å². The first-order valence-electron chi connectivity index (χ1n) is 7.36. The smallest absolute Gasteiger partial charge is 0.337 e. The Balaban J connectivity index is 2.01. The number of carboxylic acid groups (broad SMARTS) is 1. The highest BCUT2D eigenvalue weighted by Gasteiger charge is 2.18. The highest BCUT2D eigenvalue weighted by Crippen LogP contribution is 2.26. The zero-order valence-corrected chi connectivity index (χ0v) is 13.6. The molecular formula is C19H12ClF2NO2. The minimum atomic E-state index is -1.26. The molecule has 0 aliphatic rings. The van der Waals surface area contributed by atoms with Crippen LogP contribution in [0, 0.1) is 11.6 Å². The Morgan fingerprint density at radius 3 is 2.28 bits per heavy atom. The summed E-state index contributed by atoms with van der Waals surface area (Å²) >= 11 is 5.74. The molecule has 1 N–H and O–H groups in total. The molecule has 0 amide bonds. The number of hydrogen-bond acceptors (Lipinski definition) is 2. The normalized spacial score (nSPS) is 10.7. The monoisotopic (exact) mass is 359 g/mol. The van der Waals surface area contributed by atoms with Crippen molar-refractivity contribution in [2.45, 2.75) is 6.42 Å². The number of aromatic nitrogens is 1. The van der Waals surface area contributed by atoms with Crippen LogP contribution in [-0.2, 0) is 6.42 Å². The lowest BCUT2D eigenvalue weighted by atomic mass is 9.99. The van der Waals surface area contributed by atoms with Crippen LogP contribution >= 0.6 is 11.6 Å². The summed E-state index contributed by atoms with van der Waals surface area (Å²) in [5, 5.41) is 9.35. The van der Waals surface area contributed by atoms with E-state index in [1.165, 1.54) is 24.4 Å². The number of rotatable bonds is 4. The van der Waals surface area contributed by atoms with Crippen LogP contribution in [0.15, 0.2) is 54.7 Å². The molecule has 0 aliphatic heterocycles. The van der Waals surface area contributed by atoms with Gasteiger partial charge < -0.3 is 5.11 Å². The van der Waals surface area contributed by atoms with Crippen molar-refractivity contribution < 1.29 is 18.7 Å². The molecule has 3 rings (SSSR count). The molecule has 0 radical (unpaired) electrons. The zero-order chi connectivity index (χ0) is 18.0. The van der Waals surface area contributed by atoms with Gasteiger partial charge in [-0.3, -0.25) is 4.98 Å². The van der Waals surface area contributed by atoms with Crippen molar-refractivity contribution in [3.05, 3.63) is 88.2 Å². The summed E-state index contributed by atoms with van der Waals surface area (Å²) in [5.41, 5.74) is 0.710. The predicted molar refractivity (Wildman–Crippen MR) is 90.8 cm³/mol. The maximum atomic E-state index is 14.5. The van der Waals surface area contributed by atoms with Crippen LogP contribution in [0.3, 0.4) is 0 Å². The Labute approximate surface area is 147 Å². The van der Waals surface area contributed by atoms with Gasteiger partial charge in [0.25, 0.3) is 0 Å². The molecule has 1 heterocycles. The largest absolute Gasteiger partial charge is 0.478 e. The lowest BCUT2D eigenvalue weighted by Gasteiger charge is -2.10. The third kappa shape index (κ3) is 3.67. The molecule has 3 aromatic rings. The minimum Gasteiger partial charge on any atom is -0.478 e. The van der Waals surface area contributed by atoms with Gasteiger partial charge in [0.15, 0.2) is 0 Å². The summed E-state index contributed by atoms with van der Waals surface area (Å²) in [6, 6.07) is 12.5. The molecule has 0 atom stereocenters. The van der Waals surface area contributed by atoms with Crippen LogP contribution in [0.4, 0.5) is 8.78 Å². The molecule has 6 heteroatoms. The Morgan fingerprint density at radius 2 is 1.68 bits per heavy atom. The number of carboxylic acids is 1. The molecule has 0 unspecified atom stereocenters. The minimum absolute atomic E-state index is 0.0437. The van der Waals surface area contributed by atoms with Gasteiger partial charge in [0.1, 0.15) is 11.6 Å². The topological polar surface area (TPSA) is 50.2 Å². The molecule has 3 nitrogen and oxygen atoms in total. The van der Waals surface area contributed by atoms with E-state index in [4.69, 9.17) is 11.6 Å². The van der Waals surface area contributed by atoms with Gasteiger partial charge in [-0.15, -0.1) is 0 Å². The summed E-state index contributed by atoms with van der Waals surface area (Å²) in [6.07, 6.45) is 0.961. The number of halogens is 3. The molecule has 25 heavy (non-hydrogen) atoms. The van der Waals surface area contributed by atoms with Crippen LogP contribution in [0.25, 0.3) is 11.1 Å². The second kappa shape index (κ2) is 6.99. The van der Waals surface area contributed by atoms with Crippen LogP contribution in [0.1, 0.15) is 21.6 Å². The summed E-state index contributed by atoms with van der Waals surface area (Å²) in [4.78, 5) is 15.2. The first-order chi connectivity index (χ1) is 12.0. The highest BCUT2D eigenvalue weighted by molar-refractivity contribution is 6.30. The van der Waals surface area contributed by atoms with Gasteiger partial charge in [-0.2, -0.15) is 0 Å². The SMILES string of the molecule is O=C(O)c1cc(Cl)cnc1Cc1c(F)cc(-c2ccccc2)cc1F. The average molecular weight is 360 g/mol. The van der Waals surface area contributed by atoms with Crippen LogP contribution in [-0.4, -0.2) is 16.1 Å². The Bertz CT molecular complexity index is 922. The van der Waals surface area contributed by atoms with Crippen molar-refractivity contribution in [1.29, 1.82) is 0 Å². The van der Waals surface area contributed by atoms with Gasteiger partial charge >= 0.3 is 5.97 Å². The highest BCUT2D eigenvalue weighted by atomic mass is 35.5. The lowest BCUT2D eigenvalue weighted by Crippen LogP contribution is -2.08. The van der Waals surface area contributed by atoms with Crippen molar-refractivity contribution in [3.8, 4) is 11.1 Å². The van der Waals surface area contributed by atoms with Gasteiger partial charge in [-0.25, -0.2) is 13.6 Å². The standard InChI is InChI=1S/C19H12ClF2NO2/c20-13-8-15(19(24)25)18(23-10-13)9-14-16(21)6-12(7-17(14)22)11-4-2-1-3-5-11/h1-8,10H,9H2,(H,24,25). The van der Waals surface area contributed by atoms with E-state index in [1.807, 2.05) is 6.07 Å². The molecular weight excluding hydrogens is 348 g/mol. The predicted octanol–water partition coefficient (Wildman–Crippen LogP) is 4.97. The van der Waals surface area contributed by atoms with E-state index < -0.39 is 17.6 Å². The first kappa shape index (κ1) is 17.0. The second-order valence-corrected chi connectivity index (χ2v) is 5.85. The zero-order valence-electron chi connectivity index (χ0n) is 12.8. The Hall–Kier alpha value is -2.79. The van der Waals surface area contributed by atoms with E-state index in [9.17, 15) is 18.7 Å². The number of benzene rings is 2. The number of nitrogens with zero attached hydrogens (tertiary/aromatic N) is 1. The summed E-state index contributed by atoms with van der Waals surface area (Å²) in [7, 11) is 0. The van der Waals surface area contributed by atoms with E-state index in [2.05, 4.69) is 4.98 Å². The number of carbonyl (C=O) groups is 1. The number of pyridine rings is 1. The summed E-state index contributed by atoms with van der Waals surface area (Å²) in [6.45, 7) is 0. The van der Waals surface area contributed by atoms with E-state index in [0.29, 0.717) is 11.1 Å². The van der Waals surface area contributed by atoms with Crippen molar-refractivity contribution in [2.24, 2.45) is 0 Å². The van der Waals surface area contributed by atoms with E-state index in [-0.39, 0.29) is 28.3 Å². The Morgan fingerprint density at radius 1 is 1.04 bits per heavy atom. The second-order valence-electron chi connectivity index (χ2n) is 5.41. The van der Waals surface area contributed by atoms with Crippen molar-refractivity contribution >= 4 is 17.6 Å². The van der Waals surface area contributed by atoms with E-state index in [0.717, 1.165) is 0 Å². The molecule has 0 spiro atoms. The third-order valence-electron chi connectivity index (χ3n) is 3.76. The van der Waals surface area contributed by atoms with Crippen LogP contribution < -0.4 is 0 Å². The van der Waals surface area contributed by atoms with Crippen LogP contribution in [0.2, 0.25) is 5.02 Å². The summed E-state index contributed by atoms with van der Waals surface area (Å²) in [5.74, 6) is -2.77. The maximum Gasteiger partial charge on any atom is 0.337 e. The number of hydrogen-bond donors (Lipinski definition) is 1. The van der Waals surface area contributed by atoms with Crippen LogP contribution in [0.5, 0.6) is 0 Å². The number of aromatic carboxylic acids is 1. The van der Waals surface area contributed by atoms with Gasteiger partial charge in [0.05, 0.1) is 16.3 Å². The van der Waals surface area contributed by atoms with Gasteiger partial charge in [-0.05, 0) is 29.3 Å².